The zero-order valence-electron chi connectivity index (χ0n) is 23.4. The number of nitrogens with one attached hydrogen (secondary N) is 1. The number of likely N-dealkylation sites (N-methyl/N-ethyl adjacent to an activating group) is 1. The van der Waals surface area contributed by atoms with Gasteiger partial charge in [-0.15, -0.1) is 0 Å². The maximum absolute atomic E-state index is 12.5. The van der Waals surface area contributed by atoms with Crippen molar-refractivity contribution in [3.8, 4) is 5.75 Å². The molecule has 39 heavy (non-hydrogen) atoms. The molecule has 4 rings (SSSR count). The van der Waals surface area contributed by atoms with Crippen LogP contribution in [0.25, 0.3) is 10.8 Å². The number of ether oxygens (including phenoxy) is 2. The molecule has 0 aliphatic carbocycles. The van der Waals surface area contributed by atoms with E-state index in [1.807, 2.05) is 54.6 Å². The van der Waals surface area contributed by atoms with E-state index in [9.17, 15) is 9.59 Å². The van der Waals surface area contributed by atoms with Crippen molar-refractivity contribution in [1.82, 2.24) is 10.2 Å². The number of hydrogen-bond acceptors (Lipinski definition) is 6. The van der Waals surface area contributed by atoms with E-state index in [0.29, 0.717) is 25.4 Å². The lowest BCUT2D eigenvalue weighted by Gasteiger charge is -2.26. The molecule has 1 aliphatic heterocycles. The fraction of sp³-hybridized carbons (Fsp3) is 0.344. The summed E-state index contributed by atoms with van der Waals surface area (Å²) in [6, 6.07) is 22.1. The Morgan fingerprint density at radius 1 is 0.974 bits per heavy atom. The van der Waals surface area contributed by atoms with Crippen LogP contribution >= 0.6 is 0 Å². The van der Waals surface area contributed by atoms with Crippen molar-refractivity contribution >= 4 is 28.4 Å². The Hall–Kier alpha value is -3.97. The number of allylic oxidation sites excluding steroid dienone is 1. The summed E-state index contributed by atoms with van der Waals surface area (Å²) in [6.45, 7) is 8.94. The zero-order chi connectivity index (χ0) is 28.0. The average Bonchev–Trinajstić information content (AvgIpc) is 3.30. The molecule has 0 spiro atoms. The van der Waals surface area contributed by atoms with Crippen LogP contribution < -0.4 is 10.1 Å². The van der Waals surface area contributed by atoms with Gasteiger partial charge in [-0.3, -0.25) is 14.7 Å². The van der Waals surface area contributed by atoms with Crippen molar-refractivity contribution < 1.29 is 19.1 Å². The van der Waals surface area contributed by atoms with Crippen LogP contribution in [0, 0.1) is 0 Å². The van der Waals surface area contributed by atoms with E-state index in [1.54, 1.807) is 27.8 Å². The number of fused-ring (bicyclic) bond motifs is 1. The van der Waals surface area contributed by atoms with Gasteiger partial charge in [-0.25, -0.2) is 4.79 Å². The molecule has 7 heteroatoms. The largest absolute Gasteiger partial charge is 0.476 e. The Balaban J connectivity index is 1.62. The molecule has 1 amide bonds. The van der Waals surface area contributed by atoms with Crippen molar-refractivity contribution in [3.63, 3.8) is 0 Å². The number of nitrogens with zero attached hydrogens (tertiary/aromatic N) is 2. The molecule has 7 nitrogen and oxygen atoms in total. The topological polar surface area (TPSA) is 80.2 Å². The fourth-order valence-corrected chi connectivity index (χ4v) is 4.70. The second-order valence-electron chi connectivity index (χ2n) is 10.2. The summed E-state index contributed by atoms with van der Waals surface area (Å²) in [7, 11) is 1.65. The van der Waals surface area contributed by atoms with E-state index in [1.165, 1.54) is 5.57 Å². The van der Waals surface area contributed by atoms with Gasteiger partial charge in [-0.1, -0.05) is 60.7 Å². The van der Waals surface area contributed by atoms with Crippen molar-refractivity contribution in [2.75, 3.05) is 26.7 Å². The minimum atomic E-state index is -1.13. The predicted molar refractivity (Wildman–Crippen MR) is 155 cm³/mol. The van der Waals surface area contributed by atoms with Gasteiger partial charge < -0.3 is 14.8 Å². The van der Waals surface area contributed by atoms with E-state index in [2.05, 4.69) is 29.3 Å². The molecule has 1 N–H and O–H groups in total. The highest BCUT2D eigenvalue weighted by atomic mass is 16.6. The summed E-state index contributed by atoms with van der Waals surface area (Å²) in [4.78, 5) is 32.0. The number of amides is 1. The molecule has 0 fully saturated rings. The van der Waals surface area contributed by atoms with Crippen molar-refractivity contribution in [2.45, 2.75) is 46.3 Å². The molecule has 0 radical (unpaired) electrons. The maximum atomic E-state index is 12.5. The standard InChI is InChI=1S/C32H37N3O4/c1-6-38-31(37)32(3,4)39-29-17-16-24(25-14-10-11-15-26(25)29)19-35(21-30(36)33-5)20-28-22(2)18-27(34-28)23-12-8-7-9-13-23/h7-17H,6,18-21H2,1-5H3,(H,33,36). The van der Waals surface area contributed by atoms with Gasteiger partial charge in [0.2, 0.25) is 5.91 Å². The predicted octanol–water partition coefficient (Wildman–Crippen LogP) is 5.28. The van der Waals surface area contributed by atoms with Gasteiger partial charge in [0.15, 0.2) is 5.60 Å². The van der Waals surface area contributed by atoms with E-state index in [-0.39, 0.29) is 12.5 Å². The number of carbonyl (C=O) groups is 2. The Morgan fingerprint density at radius 2 is 1.67 bits per heavy atom. The van der Waals surface area contributed by atoms with E-state index in [4.69, 9.17) is 14.5 Å². The molecule has 204 valence electrons. The molecule has 3 aromatic rings. The molecule has 1 heterocycles. The molecule has 1 aliphatic rings. The molecule has 3 aromatic carbocycles. The quantitative estimate of drug-likeness (QED) is 0.344. The minimum absolute atomic E-state index is 0.0565. The van der Waals surface area contributed by atoms with Gasteiger partial charge in [0.05, 0.1) is 24.6 Å². The Kier molecular flexibility index (Phi) is 8.82. The van der Waals surface area contributed by atoms with Gasteiger partial charge in [0, 0.05) is 31.9 Å². The highest BCUT2D eigenvalue weighted by Gasteiger charge is 2.32. The number of benzene rings is 3. The third kappa shape index (κ3) is 6.73. The third-order valence-electron chi connectivity index (χ3n) is 6.82. The third-order valence-corrected chi connectivity index (χ3v) is 6.82. The number of esters is 1. The lowest BCUT2D eigenvalue weighted by molar-refractivity contribution is -0.158. The Bertz CT molecular complexity index is 1410. The summed E-state index contributed by atoms with van der Waals surface area (Å²) >= 11 is 0. The molecule has 0 saturated carbocycles. The van der Waals surface area contributed by atoms with Crippen LogP contribution in [0.15, 0.2) is 83.0 Å². The Labute approximate surface area is 230 Å². The van der Waals surface area contributed by atoms with Crippen molar-refractivity contribution in [2.24, 2.45) is 4.99 Å². The van der Waals surface area contributed by atoms with Crippen LogP contribution in [0.4, 0.5) is 0 Å². The highest BCUT2D eigenvalue weighted by molar-refractivity contribution is 6.04. The molecule has 0 aromatic heterocycles. The number of rotatable bonds is 11. The SMILES string of the molecule is CCOC(=O)C(C)(C)Oc1ccc(CN(CC(=O)NC)CC2=C(C)CC(c3ccccc3)=N2)c2ccccc12. The number of carbonyl (C=O) groups excluding carboxylic acids is 2. The highest BCUT2D eigenvalue weighted by Crippen LogP contribution is 2.33. The van der Waals surface area contributed by atoms with Crippen LogP contribution in [0.1, 0.15) is 45.2 Å². The smallest absolute Gasteiger partial charge is 0.349 e. The van der Waals surface area contributed by atoms with Gasteiger partial charge in [0.1, 0.15) is 5.75 Å². The molecule has 0 unspecified atom stereocenters. The van der Waals surface area contributed by atoms with Gasteiger partial charge in [-0.2, -0.15) is 0 Å². The van der Waals surface area contributed by atoms with Crippen LogP contribution in [0.5, 0.6) is 5.75 Å². The Morgan fingerprint density at radius 3 is 2.36 bits per heavy atom. The summed E-state index contributed by atoms with van der Waals surface area (Å²) in [6.07, 6.45) is 0.804. The summed E-state index contributed by atoms with van der Waals surface area (Å²) in [5, 5.41) is 4.65. The second-order valence-corrected chi connectivity index (χ2v) is 10.2. The van der Waals surface area contributed by atoms with Crippen molar-refractivity contribution in [1.29, 1.82) is 0 Å². The fourth-order valence-electron chi connectivity index (χ4n) is 4.70. The van der Waals surface area contributed by atoms with E-state index >= 15 is 0 Å². The lowest BCUT2D eigenvalue weighted by Crippen LogP contribution is -2.39. The van der Waals surface area contributed by atoms with E-state index < -0.39 is 11.6 Å². The minimum Gasteiger partial charge on any atom is -0.476 e. The molecular formula is C32H37N3O4. The van der Waals surface area contributed by atoms with Gasteiger partial charge in [0.25, 0.3) is 0 Å². The molecule has 0 saturated heterocycles. The second kappa shape index (κ2) is 12.3. The lowest BCUT2D eigenvalue weighted by atomic mass is 10.0. The summed E-state index contributed by atoms with van der Waals surface area (Å²) in [5.41, 5.74) is 4.31. The van der Waals surface area contributed by atoms with Crippen LogP contribution in [-0.4, -0.2) is 54.8 Å². The monoisotopic (exact) mass is 527 g/mol. The van der Waals surface area contributed by atoms with Crippen molar-refractivity contribution in [3.05, 3.63) is 89.1 Å². The van der Waals surface area contributed by atoms with Gasteiger partial charge in [-0.05, 0) is 55.8 Å². The first-order valence-corrected chi connectivity index (χ1v) is 13.3. The first-order valence-electron chi connectivity index (χ1n) is 13.3. The maximum Gasteiger partial charge on any atom is 0.349 e. The normalized spacial score (nSPS) is 13.5. The van der Waals surface area contributed by atoms with Gasteiger partial charge >= 0.3 is 5.97 Å². The summed E-state index contributed by atoms with van der Waals surface area (Å²) < 4.78 is 11.4. The van der Waals surface area contributed by atoms with Crippen LogP contribution in [0.2, 0.25) is 0 Å². The molecule has 0 bridgehead atoms. The average molecular weight is 528 g/mol. The molecule has 0 atom stereocenters. The first kappa shape index (κ1) is 28.0. The van der Waals surface area contributed by atoms with Crippen LogP contribution in [0.3, 0.4) is 0 Å². The first-order chi connectivity index (χ1) is 18.7. The van der Waals surface area contributed by atoms with Crippen LogP contribution in [-0.2, 0) is 20.9 Å². The number of aliphatic imine (C=N–C) groups is 1. The zero-order valence-corrected chi connectivity index (χ0v) is 23.4. The van der Waals surface area contributed by atoms with E-state index in [0.717, 1.165) is 39.7 Å². The summed E-state index contributed by atoms with van der Waals surface area (Å²) in [5.74, 6) is 0.140. The molecular weight excluding hydrogens is 490 g/mol. The number of hydrogen-bond donors (Lipinski definition) is 1.